The summed E-state index contributed by atoms with van der Waals surface area (Å²) < 4.78 is 18.5. The van der Waals surface area contributed by atoms with Gasteiger partial charge in [0.15, 0.2) is 0 Å². The van der Waals surface area contributed by atoms with Crippen LogP contribution in [0.25, 0.3) is 0 Å². The Labute approximate surface area is 134 Å². The molecule has 3 aliphatic heterocycles. The zero-order valence-electron chi connectivity index (χ0n) is 14.3. The second-order valence-electron chi connectivity index (χ2n) is 8.28. The van der Waals surface area contributed by atoms with Crippen LogP contribution in [0.2, 0.25) is 0 Å². The summed E-state index contributed by atoms with van der Waals surface area (Å²) in [7, 11) is -0.889. The quantitative estimate of drug-likeness (QED) is 0.699. The monoisotopic (exact) mass is 320 g/mol. The molecule has 2 fully saturated rings. The average Bonchev–Trinajstić information content (AvgIpc) is 2.86. The summed E-state index contributed by atoms with van der Waals surface area (Å²) >= 11 is 0. The minimum Gasteiger partial charge on any atom is -0.447 e. The zero-order chi connectivity index (χ0) is 16.0. The maximum atomic E-state index is 6.31. The van der Waals surface area contributed by atoms with Crippen LogP contribution < -0.4 is 4.52 Å². The van der Waals surface area contributed by atoms with Crippen LogP contribution in [0.3, 0.4) is 0 Å². The molecule has 0 amide bonds. The molecule has 0 aliphatic carbocycles. The van der Waals surface area contributed by atoms with E-state index in [2.05, 4.69) is 59.7 Å². The maximum Gasteiger partial charge on any atom is 0.239 e. The lowest BCUT2D eigenvalue weighted by Crippen LogP contribution is -2.55. The fourth-order valence-electron chi connectivity index (χ4n) is 3.78. The van der Waals surface area contributed by atoms with Crippen LogP contribution in [0.4, 0.5) is 0 Å². The first kappa shape index (κ1) is 14.9. The maximum absolute atomic E-state index is 6.31. The van der Waals surface area contributed by atoms with E-state index in [0.717, 1.165) is 18.6 Å². The molecule has 0 aromatic heterocycles. The van der Waals surface area contributed by atoms with Gasteiger partial charge in [-0.25, -0.2) is 0 Å². The molecule has 1 aromatic carbocycles. The van der Waals surface area contributed by atoms with Crippen LogP contribution in [0.15, 0.2) is 18.2 Å². The first-order valence-corrected chi connectivity index (χ1v) is 9.28. The van der Waals surface area contributed by atoms with Crippen LogP contribution in [0.1, 0.15) is 65.5 Å². The zero-order valence-corrected chi connectivity index (χ0v) is 15.2. The molecule has 0 N–H and O–H groups in total. The van der Waals surface area contributed by atoms with Crippen LogP contribution in [0.5, 0.6) is 5.75 Å². The standard InChI is InChI=1S/C18H25O3P/c1-15(2)16(3,4)22(21-15)19-12-7-8-13-14(11-12)18(6)10-9-17(13,5)20-18/h7-8,11H,9-10H2,1-6H3. The molecule has 4 rings (SSSR count). The van der Waals surface area contributed by atoms with Gasteiger partial charge in [-0.2, -0.15) is 0 Å². The van der Waals surface area contributed by atoms with Gasteiger partial charge in [-0.1, -0.05) is 6.07 Å². The highest BCUT2D eigenvalue weighted by molar-refractivity contribution is 7.51. The SMILES string of the molecule is CC12CCC(C)(O1)c1cc(OP3OC(C)(C)C3(C)C)ccc12. The molecule has 120 valence electrons. The van der Waals surface area contributed by atoms with Crippen molar-refractivity contribution in [3.8, 4) is 5.75 Å². The van der Waals surface area contributed by atoms with Gasteiger partial charge in [0.1, 0.15) is 5.75 Å². The Morgan fingerprint density at radius 1 is 0.955 bits per heavy atom. The Balaban J connectivity index is 1.62. The lowest BCUT2D eigenvalue weighted by Gasteiger charge is -2.55. The topological polar surface area (TPSA) is 27.7 Å². The second kappa shape index (κ2) is 4.06. The number of ether oxygens (including phenoxy) is 1. The first-order valence-electron chi connectivity index (χ1n) is 8.10. The normalized spacial score (nSPS) is 40.2. The van der Waals surface area contributed by atoms with Crippen molar-refractivity contribution in [2.75, 3.05) is 0 Å². The number of hydrogen-bond donors (Lipinski definition) is 0. The van der Waals surface area contributed by atoms with E-state index in [-0.39, 0.29) is 22.0 Å². The number of hydrogen-bond acceptors (Lipinski definition) is 3. The lowest BCUT2D eigenvalue weighted by atomic mass is 9.78. The molecule has 0 spiro atoms. The smallest absolute Gasteiger partial charge is 0.239 e. The highest BCUT2D eigenvalue weighted by atomic mass is 31.2. The molecule has 22 heavy (non-hydrogen) atoms. The van der Waals surface area contributed by atoms with Crippen molar-refractivity contribution >= 4 is 8.38 Å². The Hall–Kier alpha value is -0.630. The summed E-state index contributed by atoms with van der Waals surface area (Å²) in [5.41, 5.74) is 2.26. The Kier molecular flexibility index (Phi) is 2.76. The van der Waals surface area contributed by atoms with Crippen molar-refractivity contribution in [3.63, 3.8) is 0 Å². The summed E-state index contributed by atoms with van der Waals surface area (Å²) in [6.07, 6.45) is 2.19. The molecule has 4 heteroatoms. The molecule has 2 bridgehead atoms. The van der Waals surface area contributed by atoms with E-state index in [9.17, 15) is 0 Å². The van der Waals surface area contributed by atoms with Crippen molar-refractivity contribution in [1.29, 1.82) is 0 Å². The van der Waals surface area contributed by atoms with E-state index in [1.807, 2.05) is 0 Å². The van der Waals surface area contributed by atoms with E-state index < -0.39 is 8.38 Å². The predicted molar refractivity (Wildman–Crippen MR) is 88.3 cm³/mol. The van der Waals surface area contributed by atoms with Gasteiger partial charge in [0.25, 0.3) is 0 Å². The van der Waals surface area contributed by atoms with Gasteiger partial charge >= 0.3 is 0 Å². The molecule has 3 atom stereocenters. The lowest BCUT2D eigenvalue weighted by molar-refractivity contribution is -0.0662. The van der Waals surface area contributed by atoms with E-state index in [1.165, 1.54) is 11.1 Å². The molecule has 3 unspecified atom stereocenters. The largest absolute Gasteiger partial charge is 0.447 e. The fourth-order valence-corrected chi connectivity index (χ4v) is 5.58. The highest BCUT2D eigenvalue weighted by Crippen LogP contribution is 2.69. The van der Waals surface area contributed by atoms with Gasteiger partial charge in [-0.05, 0) is 77.6 Å². The summed E-state index contributed by atoms with van der Waals surface area (Å²) in [6.45, 7) is 13.1. The molecule has 1 aromatic rings. The van der Waals surface area contributed by atoms with Gasteiger partial charge < -0.3 is 13.8 Å². The third-order valence-electron chi connectivity index (χ3n) is 6.09. The van der Waals surface area contributed by atoms with Gasteiger partial charge in [0.05, 0.1) is 22.0 Å². The van der Waals surface area contributed by atoms with Gasteiger partial charge in [-0.15, -0.1) is 0 Å². The summed E-state index contributed by atoms with van der Waals surface area (Å²) in [6, 6.07) is 6.43. The highest BCUT2D eigenvalue weighted by Gasteiger charge is 2.59. The van der Waals surface area contributed by atoms with E-state index >= 15 is 0 Å². The van der Waals surface area contributed by atoms with Crippen LogP contribution in [-0.2, 0) is 20.5 Å². The Morgan fingerprint density at radius 2 is 1.59 bits per heavy atom. The molecule has 3 nitrogen and oxygen atoms in total. The number of benzene rings is 1. The van der Waals surface area contributed by atoms with Crippen molar-refractivity contribution in [1.82, 2.24) is 0 Å². The van der Waals surface area contributed by atoms with E-state index in [0.29, 0.717) is 0 Å². The van der Waals surface area contributed by atoms with Crippen molar-refractivity contribution in [3.05, 3.63) is 29.3 Å². The molecular weight excluding hydrogens is 295 g/mol. The number of fused-ring (bicyclic) bond motifs is 5. The fraction of sp³-hybridized carbons (Fsp3) is 0.667. The predicted octanol–water partition coefficient (Wildman–Crippen LogP) is 5.22. The van der Waals surface area contributed by atoms with Crippen LogP contribution in [-0.4, -0.2) is 10.8 Å². The molecule has 2 saturated heterocycles. The van der Waals surface area contributed by atoms with Crippen molar-refractivity contribution in [2.24, 2.45) is 0 Å². The molecular formula is C18H25O3P. The van der Waals surface area contributed by atoms with E-state index in [4.69, 9.17) is 13.8 Å². The third-order valence-corrected chi connectivity index (χ3v) is 8.54. The van der Waals surface area contributed by atoms with E-state index in [1.54, 1.807) is 0 Å². The molecule has 0 radical (unpaired) electrons. The van der Waals surface area contributed by atoms with Crippen molar-refractivity contribution in [2.45, 2.75) is 76.3 Å². The van der Waals surface area contributed by atoms with Gasteiger partial charge in [-0.3, -0.25) is 0 Å². The van der Waals surface area contributed by atoms with Gasteiger partial charge in [0, 0.05) is 0 Å². The first-order chi connectivity index (χ1) is 10.1. The molecule has 3 aliphatic rings. The summed E-state index contributed by atoms with van der Waals surface area (Å²) in [5, 5.41) is 0.0622. The minimum absolute atomic E-state index is 0.0622. The minimum atomic E-state index is -0.889. The Morgan fingerprint density at radius 3 is 2.18 bits per heavy atom. The molecule has 3 heterocycles. The summed E-state index contributed by atoms with van der Waals surface area (Å²) in [4.78, 5) is 0. The third kappa shape index (κ3) is 1.74. The average molecular weight is 320 g/mol. The number of rotatable bonds is 2. The van der Waals surface area contributed by atoms with Crippen LogP contribution >= 0.6 is 8.38 Å². The van der Waals surface area contributed by atoms with Crippen LogP contribution in [0, 0.1) is 0 Å². The summed E-state index contributed by atoms with van der Waals surface area (Å²) in [5.74, 6) is 0.911. The Bertz CT molecular complexity index is 654. The second-order valence-corrected chi connectivity index (χ2v) is 10.3. The van der Waals surface area contributed by atoms with Crippen molar-refractivity contribution < 1.29 is 13.8 Å². The molecule has 0 saturated carbocycles. The van der Waals surface area contributed by atoms with Gasteiger partial charge in [0.2, 0.25) is 8.38 Å².